The van der Waals surface area contributed by atoms with Crippen LogP contribution in [0.5, 0.6) is 5.75 Å². The summed E-state index contributed by atoms with van der Waals surface area (Å²) >= 11 is 0. The fourth-order valence-corrected chi connectivity index (χ4v) is 3.03. The number of halogens is 1. The third kappa shape index (κ3) is 5.28. The highest BCUT2D eigenvalue weighted by Gasteiger charge is 2.19. The van der Waals surface area contributed by atoms with Crippen LogP contribution in [0.25, 0.3) is 0 Å². The highest BCUT2D eigenvalue weighted by atomic mass is 19.1. The Kier molecular flexibility index (Phi) is 6.20. The lowest BCUT2D eigenvalue weighted by Gasteiger charge is -2.34. The zero-order valence-corrected chi connectivity index (χ0v) is 15.0. The molecule has 138 valence electrons. The molecule has 1 saturated heterocycles. The summed E-state index contributed by atoms with van der Waals surface area (Å²) in [6.07, 6.45) is 0. The Labute approximate surface area is 153 Å². The van der Waals surface area contributed by atoms with Crippen molar-refractivity contribution in [3.8, 4) is 5.75 Å². The molecule has 0 aliphatic carbocycles. The normalized spacial score (nSPS) is 15.6. The number of carbonyl (C=O) groups is 1. The molecule has 2 aromatic carbocycles. The van der Waals surface area contributed by atoms with Crippen molar-refractivity contribution in [1.29, 1.82) is 0 Å². The lowest BCUT2D eigenvalue weighted by atomic mass is 10.2. The van der Waals surface area contributed by atoms with Gasteiger partial charge in [-0.3, -0.25) is 14.6 Å². The van der Waals surface area contributed by atoms with E-state index in [0.29, 0.717) is 12.2 Å². The molecule has 1 amide bonds. The van der Waals surface area contributed by atoms with E-state index in [1.54, 1.807) is 19.2 Å². The average molecular weight is 357 g/mol. The molecule has 0 aromatic heterocycles. The van der Waals surface area contributed by atoms with Crippen LogP contribution in [0.2, 0.25) is 0 Å². The van der Waals surface area contributed by atoms with Crippen molar-refractivity contribution >= 4 is 11.6 Å². The minimum absolute atomic E-state index is 0.0692. The quantitative estimate of drug-likeness (QED) is 0.863. The van der Waals surface area contributed by atoms with Gasteiger partial charge in [0.05, 0.1) is 13.7 Å². The van der Waals surface area contributed by atoms with Crippen LogP contribution in [0.3, 0.4) is 0 Å². The molecule has 0 saturated carbocycles. The Balaban J connectivity index is 1.41. The number of benzene rings is 2. The number of nitrogens with zero attached hydrogens (tertiary/aromatic N) is 2. The van der Waals surface area contributed by atoms with Crippen LogP contribution in [0.1, 0.15) is 5.56 Å². The maximum atomic E-state index is 12.9. The molecule has 0 unspecified atom stereocenters. The number of amides is 1. The van der Waals surface area contributed by atoms with Crippen LogP contribution in [0, 0.1) is 5.82 Å². The van der Waals surface area contributed by atoms with Crippen LogP contribution in [0.15, 0.2) is 48.5 Å². The maximum absolute atomic E-state index is 12.9. The molecule has 0 spiro atoms. The lowest BCUT2D eigenvalue weighted by molar-refractivity contribution is -0.117. The van der Waals surface area contributed by atoms with E-state index in [4.69, 9.17) is 4.74 Å². The highest BCUT2D eigenvalue weighted by Crippen LogP contribution is 2.14. The molecule has 1 N–H and O–H groups in total. The SMILES string of the molecule is COc1ccc(CN2CCN(CC(=O)Nc3ccc(F)cc3)CC2)cc1. The topological polar surface area (TPSA) is 44.8 Å². The van der Waals surface area contributed by atoms with Crippen molar-refractivity contribution in [2.75, 3.05) is 45.2 Å². The summed E-state index contributed by atoms with van der Waals surface area (Å²) < 4.78 is 18.1. The molecule has 0 radical (unpaired) electrons. The van der Waals surface area contributed by atoms with E-state index in [-0.39, 0.29) is 11.7 Å². The van der Waals surface area contributed by atoms with Crippen molar-refractivity contribution in [3.05, 3.63) is 59.9 Å². The van der Waals surface area contributed by atoms with E-state index in [9.17, 15) is 9.18 Å². The number of anilines is 1. The van der Waals surface area contributed by atoms with Gasteiger partial charge in [0.1, 0.15) is 11.6 Å². The number of hydrogen-bond donors (Lipinski definition) is 1. The third-order valence-electron chi connectivity index (χ3n) is 4.53. The number of methoxy groups -OCH3 is 1. The van der Waals surface area contributed by atoms with Gasteiger partial charge in [0.25, 0.3) is 0 Å². The Morgan fingerprint density at radius 3 is 2.23 bits per heavy atom. The van der Waals surface area contributed by atoms with Crippen LogP contribution in [-0.4, -0.2) is 55.5 Å². The molecular formula is C20H24FN3O2. The van der Waals surface area contributed by atoms with Gasteiger partial charge < -0.3 is 10.1 Å². The monoisotopic (exact) mass is 357 g/mol. The molecule has 5 nitrogen and oxygen atoms in total. The van der Waals surface area contributed by atoms with Gasteiger partial charge >= 0.3 is 0 Å². The highest BCUT2D eigenvalue weighted by molar-refractivity contribution is 5.92. The van der Waals surface area contributed by atoms with Gasteiger partial charge in [-0.25, -0.2) is 4.39 Å². The van der Waals surface area contributed by atoms with Crippen LogP contribution >= 0.6 is 0 Å². The zero-order valence-electron chi connectivity index (χ0n) is 15.0. The Morgan fingerprint density at radius 2 is 1.62 bits per heavy atom. The van der Waals surface area contributed by atoms with E-state index >= 15 is 0 Å². The van der Waals surface area contributed by atoms with Crippen molar-refractivity contribution in [2.24, 2.45) is 0 Å². The van der Waals surface area contributed by atoms with E-state index in [2.05, 4.69) is 27.2 Å². The maximum Gasteiger partial charge on any atom is 0.238 e. The second-order valence-corrected chi connectivity index (χ2v) is 6.46. The summed E-state index contributed by atoms with van der Waals surface area (Å²) in [6.45, 7) is 4.82. The lowest BCUT2D eigenvalue weighted by Crippen LogP contribution is -2.48. The first-order chi connectivity index (χ1) is 12.6. The fraction of sp³-hybridized carbons (Fsp3) is 0.350. The predicted molar refractivity (Wildman–Crippen MR) is 99.7 cm³/mol. The molecule has 26 heavy (non-hydrogen) atoms. The standard InChI is InChI=1S/C20H24FN3O2/c1-26-19-8-2-16(3-9-19)14-23-10-12-24(13-11-23)15-20(25)22-18-6-4-17(21)5-7-18/h2-9H,10-15H2,1H3,(H,22,25). The first kappa shape index (κ1) is 18.4. The summed E-state index contributed by atoms with van der Waals surface area (Å²) in [6, 6.07) is 13.9. The largest absolute Gasteiger partial charge is 0.497 e. The Bertz CT molecular complexity index is 711. The van der Waals surface area contributed by atoms with Crippen molar-refractivity contribution in [2.45, 2.75) is 6.54 Å². The molecule has 2 aromatic rings. The third-order valence-corrected chi connectivity index (χ3v) is 4.53. The first-order valence-electron chi connectivity index (χ1n) is 8.75. The van der Waals surface area contributed by atoms with Crippen molar-refractivity contribution < 1.29 is 13.9 Å². The van der Waals surface area contributed by atoms with Gasteiger partial charge in [-0.2, -0.15) is 0 Å². The first-order valence-corrected chi connectivity index (χ1v) is 8.75. The number of hydrogen-bond acceptors (Lipinski definition) is 4. The number of rotatable bonds is 6. The molecule has 0 bridgehead atoms. The summed E-state index contributed by atoms with van der Waals surface area (Å²) in [5, 5.41) is 2.81. The molecular weight excluding hydrogens is 333 g/mol. The fourth-order valence-electron chi connectivity index (χ4n) is 3.03. The molecule has 6 heteroatoms. The summed E-state index contributed by atoms with van der Waals surface area (Å²) in [4.78, 5) is 16.7. The van der Waals surface area contributed by atoms with Gasteiger partial charge in [-0.05, 0) is 42.0 Å². The van der Waals surface area contributed by atoms with Gasteiger partial charge in [0, 0.05) is 38.4 Å². The number of carbonyl (C=O) groups excluding carboxylic acids is 1. The second-order valence-electron chi connectivity index (χ2n) is 6.46. The molecule has 1 aliphatic rings. The van der Waals surface area contributed by atoms with E-state index < -0.39 is 0 Å². The summed E-state index contributed by atoms with van der Waals surface area (Å²) in [5.74, 6) is 0.488. The Hall–Kier alpha value is -2.44. The van der Waals surface area contributed by atoms with Crippen LogP contribution in [-0.2, 0) is 11.3 Å². The summed E-state index contributed by atoms with van der Waals surface area (Å²) in [5.41, 5.74) is 1.88. The molecule has 3 rings (SSSR count). The van der Waals surface area contributed by atoms with Crippen molar-refractivity contribution in [1.82, 2.24) is 9.80 Å². The van der Waals surface area contributed by atoms with Gasteiger partial charge in [-0.1, -0.05) is 12.1 Å². The predicted octanol–water partition coefficient (Wildman–Crippen LogP) is 2.59. The zero-order chi connectivity index (χ0) is 18.4. The van der Waals surface area contributed by atoms with E-state index in [0.717, 1.165) is 38.5 Å². The molecule has 0 atom stereocenters. The van der Waals surface area contributed by atoms with E-state index in [1.807, 2.05) is 12.1 Å². The summed E-state index contributed by atoms with van der Waals surface area (Å²) in [7, 11) is 1.67. The molecule has 1 aliphatic heterocycles. The Morgan fingerprint density at radius 1 is 1.00 bits per heavy atom. The average Bonchev–Trinajstić information content (AvgIpc) is 2.66. The van der Waals surface area contributed by atoms with E-state index in [1.165, 1.54) is 17.7 Å². The second kappa shape index (κ2) is 8.78. The van der Waals surface area contributed by atoms with Gasteiger partial charge in [-0.15, -0.1) is 0 Å². The van der Waals surface area contributed by atoms with Crippen LogP contribution in [0.4, 0.5) is 10.1 Å². The molecule has 1 fully saturated rings. The van der Waals surface area contributed by atoms with Gasteiger partial charge in [0.2, 0.25) is 5.91 Å². The van der Waals surface area contributed by atoms with Gasteiger partial charge in [0.15, 0.2) is 0 Å². The molecule has 1 heterocycles. The van der Waals surface area contributed by atoms with Crippen molar-refractivity contribution in [3.63, 3.8) is 0 Å². The number of nitrogens with one attached hydrogen (secondary N) is 1. The minimum atomic E-state index is -0.309. The smallest absolute Gasteiger partial charge is 0.238 e. The number of ether oxygens (including phenoxy) is 1. The minimum Gasteiger partial charge on any atom is -0.497 e. The number of piperazine rings is 1. The van der Waals surface area contributed by atoms with Crippen LogP contribution < -0.4 is 10.1 Å².